The second-order valence-electron chi connectivity index (χ2n) is 10.9. The fourth-order valence-electron chi connectivity index (χ4n) is 7.00. The van der Waals surface area contributed by atoms with Gasteiger partial charge in [-0.15, -0.1) is 0 Å². The van der Waals surface area contributed by atoms with Crippen LogP contribution in [0.4, 0.5) is 0 Å². The van der Waals surface area contributed by atoms with Gasteiger partial charge in [0.15, 0.2) is 0 Å². The van der Waals surface area contributed by atoms with E-state index in [0.29, 0.717) is 31.0 Å². The highest BCUT2D eigenvalue weighted by Crippen LogP contribution is 2.46. The Balaban J connectivity index is 1.03. The topological polar surface area (TPSA) is 108 Å². The third-order valence-corrected chi connectivity index (χ3v) is 8.98. The molecule has 3 atom stereocenters. The molecule has 2 amide bonds. The summed E-state index contributed by atoms with van der Waals surface area (Å²) in [5, 5.41) is 6.49. The van der Waals surface area contributed by atoms with Crippen LogP contribution in [0.3, 0.4) is 0 Å². The van der Waals surface area contributed by atoms with Crippen LogP contribution < -0.4 is 5.56 Å². The number of rotatable bonds is 3. The monoisotopic (exact) mass is 511 g/mol. The second-order valence-corrected chi connectivity index (χ2v) is 10.9. The summed E-state index contributed by atoms with van der Waals surface area (Å²) in [4.78, 5) is 46.8. The van der Waals surface area contributed by atoms with Crippen molar-refractivity contribution in [3.8, 4) is 11.3 Å². The van der Waals surface area contributed by atoms with E-state index >= 15 is 0 Å². The normalized spacial score (nSPS) is 25.1. The van der Waals surface area contributed by atoms with Crippen molar-refractivity contribution in [3.05, 3.63) is 81.9 Å². The lowest BCUT2D eigenvalue weighted by atomic mass is 9.83. The molecule has 4 aliphatic heterocycles. The van der Waals surface area contributed by atoms with Crippen LogP contribution in [0.5, 0.6) is 0 Å². The first-order chi connectivity index (χ1) is 18.5. The van der Waals surface area contributed by atoms with Gasteiger partial charge in [0.25, 0.3) is 11.5 Å². The smallest absolute Gasteiger partial charge is 0.264 e. The number of carbonyl (C=O) groups is 2. The van der Waals surface area contributed by atoms with E-state index in [1.165, 1.54) is 17.2 Å². The van der Waals surface area contributed by atoms with Gasteiger partial charge in [0.05, 0.1) is 23.8 Å². The van der Waals surface area contributed by atoms with Crippen LogP contribution in [-0.2, 0) is 21.7 Å². The van der Waals surface area contributed by atoms with Gasteiger partial charge >= 0.3 is 0 Å². The van der Waals surface area contributed by atoms with Gasteiger partial charge in [0.1, 0.15) is 0 Å². The molecule has 6 heterocycles. The summed E-state index contributed by atoms with van der Waals surface area (Å²) in [6.07, 6.45) is 7.82. The molecule has 194 valence electrons. The lowest BCUT2D eigenvalue weighted by molar-refractivity contribution is -0.143. The first kappa shape index (κ1) is 23.3. The zero-order valence-electron chi connectivity index (χ0n) is 21.0. The number of nitrogens with zero attached hydrogens (tertiary/aromatic N) is 4. The van der Waals surface area contributed by atoms with E-state index in [1.54, 1.807) is 24.4 Å². The lowest BCUT2D eigenvalue weighted by Crippen LogP contribution is -2.49. The van der Waals surface area contributed by atoms with Gasteiger partial charge < -0.3 is 14.5 Å². The molecule has 0 saturated carbocycles. The predicted molar refractivity (Wildman–Crippen MR) is 138 cm³/mol. The summed E-state index contributed by atoms with van der Waals surface area (Å²) in [5.41, 5.74) is 3.86. The van der Waals surface area contributed by atoms with Crippen molar-refractivity contribution in [2.24, 2.45) is 5.92 Å². The molecule has 0 aliphatic carbocycles. The molecular weight excluding hydrogens is 482 g/mol. The molecule has 1 aromatic carbocycles. The molecular formula is C29H29N5O4. The molecule has 1 N–H and O–H groups in total. The third-order valence-electron chi connectivity index (χ3n) is 8.98. The Morgan fingerprint density at radius 3 is 2.61 bits per heavy atom. The van der Waals surface area contributed by atoms with Gasteiger partial charge in [-0.1, -0.05) is 12.1 Å². The van der Waals surface area contributed by atoms with Crippen molar-refractivity contribution in [1.29, 1.82) is 0 Å². The Morgan fingerprint density at radius 2 is 1.84 bits per heavy atom. The number of ether oxygens (including phenoxy) is 1. The molecule has 9 heteroatoms. The van der Waals surface area contributed by atoms with Crippen LogP contribution in [0, 0.1) is 5.92 Å². The summed E-state index contributed by atoms with van der Waals surface area (Å²) in [7, 11) is 0. The summed E-state index contributed by atoms with van der Waals surface area (Å²) in [6.45, 7) is 1.93. The quantitative estimate of drug-likeness (QED) is 0.579. The Kier molecular flexibility index (Phi) is 5.43. The van der Waals surface area contributed by atoms with Gasteiger partial charge in [-0.3, -0.25) is 19.4 Å². The highest BCUT2D eigenvalue weighted by atomic mass is 16.5. The number of piperidine rings is 1. The molecule has 2 aromatic heterocycles. The average molecular weight is 512 g/mol. The molecule has 3 aromatic rings. The first-order valence-electron chi connectivity index (χ1n) is 13.4. The molecule has 9 nitrogen and oxygen atoms in total. The Bertz CT molecular complexity index is 1440. The first-order valence-corrected chi connectivity index (χ1v) is 13.4. The maximum absolute atomic E-state index is 13.7. The number of hydrogen-bond acceptors (Lipinski definition) is 6. The maximum atomic E-state index is 13.7. The van der Waals surface area contributed by atoms with E-state index < -0.39 is 0 Å². The minimum Gasteiger partial charge on any atom is -0.365 e. The van der Waals surface area contributed by atoms with Crippen LogP contribution in [-0.4, -0.2) is 62.0 Å². The number of hydrogen-bond donors (Lipinski definition) is 1. The number of H-pyrrole nitrogens is 1. The molecule has 7 rings (SSSR count). The highest BCUT2D eigenvalue weighted by Gasteiger charge is 2.53. The van der Waals surface area contributed by atoms with Crippen LogP contribution in [0.2, 0.25) is 0 Å². The lowest BCUT2D eigenvalue weighted by Gasteiger charge is -2.40. The van der Waals surface area contributed by atoms with Crippen molar-refractivity contribution in [1.82, 2.24) is 25.0 Å². The van der Waals surface area contributed by atoms with Crippen molar-refractivity contribution in [2.45, 2.75) is 56.4 Å². The molecule has 1 spiro atoms. The Hall–Kier alpha value is -3.85. The predicted octanol–water partition coefficient (Wildman–Crippen LogP) is 2.87. The van der Waals surface area contributed by atoms with Crippen molar-refractivity contribution in [3.63, 3.8) is 0 Å². The number of nitrogens with one attached hydrogen (secondary N) is 1. The number of benzene rings is 1. The number of likely N-dealkylation sites (tertiary alicyclic amines) is 1. The van der Waals surface area contributed by atoms with E-state index in [2.05, 4.69) is 15.2 Å². The van der Waals surface area contributed by atoms with Crippen LogP contribution >= 0.6 is 0 Å². The molecule has 3 fully saturated rings. The standard InChI is InChI=1S/C29H29N5O4/c35-26-8-6-24(31-32-26)18-1-3-19(4-2-18)27(36)34-21-5-7-25(34)22(15-21)28(37)33-13-10-29(11-14-33)23-16-30-12-9-20(23)17-38-29/h1-4,6,8-9,12,16,21-22,25H,5,7,10-11,13-15,17H2,(H,32,35)/t21?,22-,25?/m1/s1. The minimum absolute atomic E-state index is 0.0187. The minimum atomic E-state index is -0.326. The zero-order chi connectivity index (χ0) is 25.9. The molecule has 3 saturated heterocycles. The van der Waals surface area contributed by atoms with Crippen molar-refractivity contribution in [2.75, 3.05) is 13.1 Å². The summed E-state index contributed by atoms with van der Waals surface area (Å²) in [6, 6.07) is 12.5. The summed E-state index contributed by atoms with van der Waals surface area (Å²) >= 11 is 0. The number of amides is 2. The fraction of sp³-hybridized carbons (Fsp3) is 0.414. The Labute approximate surface area is 219 Å². The van der Waals surface area contributed by atoms with E-state index in [-0.39, 0.29) is 41.0 Å². The molecule has 0 radical (unpaired) electrons. The molecule has 2 unspecified atom stereocenters. The number of aromatic amines is 1. The fourth-order valence-corrected chi connectivity index (χ4v) is 7.00. The number of aromatic nitrogens is 3. The van der Waals surface area contributed by atoms with Crippen molar-refractivity contribution < 1.29 is 14.3 Å². The highest BCUT2D eigenvalue weighted by molar-refractivity contribution is 5.96. The average Bonchev–Trinajstić information content (AvgIpc) is 3.65. The second kappa shape index (κ2) is 8.87. The summed E-state index contributed by atoms with van der Waals surface area (Å²) < 4.78 is 6.24. The van der Waals surface area contributed by atoms with Gasteiger partial charge in [0, 0.05) is 60.3 Å². The van der Waals surface area contributed by atoms with Gasteiger partial charge in [-0.25, -0.2) is 5.10 Å². The molecule has 2 bridgehead atoms. The molecule has 4 aliphatic rings. The van der Waals surface area contributed by atoms with E-state index in [4.69, 9.17) is 4.74 Å². The van der Waals surface area contributed by atoms with E-state index in [9.17, 15) is 14.4 Å². The number of fused-ring (bicyclic) bond motifs is 4. The van der Waals surface area contributed by atoms with E-state index in [0.717, 1.165) is 37.7 Å². The molecule has 38 heavy (non-hydrogen) atoms. The number of pyridine rings is 1. The van der Waals surface area contributed by atoms with Crippen LogP contribution in [0.15, 0.2) is 59.7 Å². The number of carbonyl (C=O) groups excluding carboxylic acids is 2. The SMILES string of the molecule is O=C([C@@H]1CC2CCC1N2C(=O)c1ccc(-c2ccc(=O)[nH]n2)cc1)N1CCC2(CC1)OCc1ccncc12. The maximum Gasteiger partial charge on any atom is 0.264 e. The van der Waals surface area contributed by atoms with Gasteiger partial charge in [0.2, 0.25) is 5.91 Å². The largest absolute Gasteiger partial charge is 0.365 e. The Morgan fingerprint density at radius 1 is 1.03 bits per heavy atom. The van der Waals surface area contributed by atoms with Crippen LogP contribution in [0.1, 0.15) is 53.6 Å². The third kappa shape index (κ3) is 3.67. The zero-order valence-corrected chi connectivity index (χ0v) is 21.0. The van der Waals surface area contributed by atoms with Gasteiger partial charge in [-0.2, -0.15) is 5.10 Å². The van der Waals surface area contributed by atoms with Gasteiger partial charge in [-0.05, 0) is 61.9 Å². The summed E-state index contributed by atoms with van der Waals surface area (Å²) in [5.74, 6) is 0.0124. The van der Waals surface area contributed by atoms with Crippen LogP contribution in [0.25, 0.3) is 11.3 Å². The van der Waals surface area contributed by atoms with Crippen molar-refractivity contribution >= 4 is 11.8 Å². The van der Waals surface area contributed by atoms with E-state index in [1.807, 2.05) is 34.2 Å².